The van der Waals surface area contributed by atoms with Gasteiger partial charge in [-0.25, -0.2) is 0 Å². The summed E-state index contributed by atoms with van der Waals surface area (Å²) in [6, 6.07) is 18.6. The number of hydrogen-bond acceptors (Lipinski definition) is 5. The van der Waals surface area contributed by atoms with E-state index < -0.39 is 0 Å². The zero-order valence-electron chi connectivity index (χ0n) is 21.9. The highest BCUT2D eigenvalue weighted by Crippen LogP contribution is 2.41. The molecule has 6 heteroatoms. The lowest BCUT2D eigenvalue weighted by molar-refractivity contribution is 0.0287. The monoisotopic (exact) mass is 491 g/mol. The molecule has 2 atom stereocenters. The number of carbonyl (C=O) groups excluding carboxylic acids is 1. The van der Waals surface area contributed by atoms with Crippen LogP contribution in [0.5, 0.6) is 5.75 Å². The third-order valence-electron chi connectivity index (χ3n) is 7.88. The van der Waals surface area contributed by atoms with Crippen molar-refractivity contribution in [2.45, 2.75) is 69.7 Å². The van der Waals surface area contributed by atoms with Gasteiger partial charge < -0.3 is 20.1 Å². The van der Waals surface area contributed by atoms with Gasteiger partial charge in [0.05, 0.1) is 25.1 Å². The lowest BCUT2D eigenvalue weighted by Crippen LogP contribution is -2.54. The predicted molar refractivity (Wildman–Crippen MR) is 144 cm³/mol. The lowest BCUT2D eigenvalue weighted by atomic mass is 9.67. The number of nitrogens with zero attached hydrogens (tertiary/aromatic N) is 1. The van der Waals surface area contributed by atoms with E-state index in [0.717, 1.165) is 45.2 Å². The number of carbonyl (C=O) groups is 1. The first-order chi connectivity index (χ1) is 17.6. The highest BCUT2D eigenvalue weighted by Gasteiger charge is 2.40. The molecule has 0 aromatic heterocycles. The molecule has 1 aliphatic heterocycles. The van der Waals surface area contributed by atoms with E-state index >= 15 is 0 Å². The molecule has 1 saturated carbocycles. The first-order valence-corrected chi connectivity index (χ1v) is 13.3. The van der Waals surface area contributed by atoms with Gasteiger partial charge in [0.1, 0.15) is 11.9 Å². The van der Waals surface area contributed by atoms with Crippen molar-refractivity contribution >= 4 is 5.91 Å². The summed E-state index contributed by atoms with van der Waals surface area (Å²) in [4.78, 5) is 15.7. The third-order valence-corrected chi connectivity index (χ3v) is 7.88. The average Bonchev–Trinajstić information content (AvgIpc) is 3.45. The maximum Gasteiger partial charge on any atom is 0.255 e. The number of ether oxygens (including phenoxy) is 2. The van der Waals surface area contributed by atoms with E-state index in [1.54, 1.807) is 7.11 Å². The van der Waals surface area contributed by atoms with Crippen molar-refractivity contribution in [3.05, 3.63) is 78.1 Å². The topological polar surface area (TPSA) is 62.8 Å². The van der Waals surface area contributed by atoms with E-state index in [9.17, 15) is 4.79 Å². The maximum absolute atomic E-state index is 13.1. The van der Waals surface area contributed by atoms with Crippen molar-refractivity contribution in [3.8, 4) is 5.75 Å². The van der Waals surface area contributed by atoms with Crippen molar-refractivity contribution < 1.29 is 14.3 Å². The van der Waals surface area contributed by atoms with E-state index in [1.165, 1.54) is 5.56 Å². The van der Waals surface area contributed by atoms with Gasteiger partial charge in [0, 0.05) is 31.0 Å². The number of rotatable bonds is 11. The molecule has 1 aliphatic carbocycles. The maximum atomic E-state index is 13.1. The van der Waals surface area contributed by atoms with Crippen LogP contribution < -0.4 is 15.4 Å². The summed E-state index contributed by atoms with van der Waals surface area (Å²) in [6.45, 7) is 6.90. The van der Waals surface area contributed by atoms with Crippen molar-refractivity contribution in [3.63, 3.8) is 0 Å². The second kappa shape index (κ2) is 12.4. The van der Waals surface area contributed by atoms with Crippen LogP contribution in [0.4, 0.5) is 0 Å². The fraction of sp³-hybridized carbons (Fsp3) is 0.500. The second-order valence-corrected chi connectivity index (χ2v) is 10.1. The molecule has 1 amide bonds. The molecule has 0 saturated heterocycles. The van der Waals surface area contributed by atoms with Crippen LogP contribution in [-0.4, -0.2) is 55.9 Å². The molecule has 2 aromatic rings. The van der Waals surface area contributed by atoms with Crippen LogP contribution in [0.1, 0.15) is 61.9 Å². The minimum atomic E-state index is -0.0893. The molecule has 2 aromatic carbocycles. The molecule has 2 aliphatic rings. The zero-order chi connectivity index (χ0) is 25.4. The van der Waals surface area contributed by atoms with Gasteiger partial charge in [0.15, 0.2) is 0 Å². The van der Waals surface area contributed by atoms with Gasteiger partial charge in [-0.2, -0.15) is 0 Å². The summed E-state index contributed by atoms with van der Waals surface area (Å²) >= 11 is 0. The Morgan fingerprint density at radius 3 is 2.53 bits per heavy atom. The lowest BCUT2D eigenvalue weighted by Gasteiger charge is -2.46. The molecule has 0 spiro atoms. The van der Waals surface area contributed by atoms with Crippen molar-refractivity contribution in [1.82, 2.24) is 15.5 Å². The van der Waals surface area contributed by atoms with E-state index in [4.69, 9.17) is 9.47 Å². The Bertz CT molecular complexity index is 994. The number of para-hydroxylation sites is 1. The van der Waals surface area contributed by atoms with E-state index in [0.29, 0.717) is 30.1 Å². The van der Waals surface area contributed by atoms with Crippen LogP contribution in [0.25, 0.3) is 0 Å². The summed E-state index contributed by atoms with van der Waals surface area (Å²) in [5.41, 5.74) is 1.79. The number of methoxy groups -OCH3 is 1. The normalized spacial score (nSPS) is 24.3. The largest absolute Gasteiger partial charge is 0.497 e. The molecule has 194 valence electrons. The Morgan fingerprint density at radius 2 is 1.86 bits per heavy atom. The van der Waals surface area contributed by atoms with E-state index in [1.807, 2.05) is 30.5 Å². The molecule has 0 bridgehead atoms. The Hall–Kier alpha value is -2.83. The van der Waals surface area contributed by atoms with E-state index in [-0.39, 0.29) is 17.4 Å². The van der Waals surface area contributed by atoms with Crippen molar-refractivity contribution in [2.24, 2.45) is 0 Å². The Labute approximate surface area is 216 Å². The fourth-order valence-electron chi connectivity index (χ4n) is 5.84. The second-order valence-electron chi connectivity index (χ2n) is 10.1. The molecule has 1 heterocycles. The highest BCUT2D eigenvalue weighted by molar-refractivity contribution is 5.96. The van der Waals surface area contributed by atoms with Crippen molar-refractivity contribution in [2.75, 3.05) is 26.7 Å². The van der Waals surface area contributed by atoms with Crippen LogP contribution in [0, 0.1) is 0 Å². The van der Waals surface area contributed by atoms with E-state index in [2.05, 4.69) is 65.8 Å². The minimum Gasteiger partial charge on any atom is -0.497 e. The minimum absolute atomic E-state index is 0.0850. The van der Waals surface area contributed by atoms with Crippen LogP contribution in [-0.2, 0) is 10.2 Å². The molecular formula is C30H41N3O3. The van der Waals surface area contributed by atoms with Gasteiger partial charge in [0.2, 0.25) is 0 Å². The first kappa shape index (κ1) is 26.2. The summed E-state index contributed by atoms with van der Waals surface area (Å²) in [7, 11) is 1.60. The van der Waals surface area contributed by atoms with Crippen LogP contribution in [0.15, 0.2) is 66.9 Å². The Balaban J connectivity index is 1.49. The van der Waals surface area contributed by atoms with Crippen molar-refractivity contribution in [1.29, 1.82) is 0 Å². The molecule has 2 N–H and O–H groups in total. The first-order valence-electron chi connectivity index (χ1n) is 13.3. The SMILES string of the molecule is CCNC(C)N(CC1CC=CO1)C1CCC(CNC(=O)c2ccccc2OC)(c2ccccc2)CC1. The Morgan fingerprint density at radius 1 is 1.14 bits per heavy atom. The van der Waals surface area contributed by atoms with Crippen LogP contribution in [0.3, 0.4) is 0 Å². The number of benzene rings is 2. The predicted octanol–water partition coefficient (Wildman–Crippen LogP) is 4.87. The van der Waals surface area contributed by atoms with Gasteiger partial charge in [-0.05, 0) is 62.9 Å². The average molecular weight is 492 g/mol. The molecule has 1 fully saturated rings. The summed E-state index contributed by atoms with van der Waals surface area (Å²) in [5.74, 6) is 0.516. The van der Waals surface area contributed by atoms with Gasteiger partial charge in [-0.1, -0.05) is 49.4 Å². The zero-order valence-corrected chi connectivity index (χ0v) is 21.9. The number of hydrogen-bond donors (Lipinski definition) is 2. The van der Waals surface area contributed by atoms with Crippen LogP contribution >= 0.6 is 0 Å². The molecular weight excluding hydrogens is 450 g/mol. The number of nitrogens with one attached hydrogen (secondary N) is 2. The molecule has 0 radical (unpaired) electrons. The summed E-state index contributed by atoms with van der Waals surface area (Å²) < 4.78 is 11.2. The standard InChI is InChI=1S/C30H41N3O3/c1-4-31-23(2)33(21-26-13-10-20-36-26)25-16-18-30(19-17-25,24-11-6-5-7-12-24)22-32-29(34)27-14-8-9-15-28(27)35-3/h5-12,14-15,20,23,25-26,31H,4,13,16-19,21-22H2,1-3H3,(H,32,34). The van der Waals surface area contributed by atoms with Gasteiger partial charge in [-0.15, -0.1) is 0 Å². The molecule has 4 rings (SSSR count). The summed E-state index contributed by atoms with van der Waals surface area (Å²) in [5, 5.41) is 6.87. The smallest absolute Gasteiger partial charge is 0.255 e. The quantitative estimate of drug-likeness (QED) is 0.440. The molecule has 36 heavy (non-hydrogen) atoms. The van der Waals surface area contributed by atoms with Gasteiger partial charge in [-0.3, -0.25) is 9.69 Å². The summed E-state index contributed by atoms with van der Waals surface area (Å²) in [6.07, 6.45) is 9.65. The van der Waals surface area contributed by atoms with Gasteiger partial charge in [0.25, 0.3) is 5.91 Å². The van der Waals surface area contributed by atoms with Gasteiger partial charge >= 0.3 is 0 Å². The van der Waals surface area contributed by atoms with Crippen LogP contribution in [0.2, 0.25) is 0 Å². The third kappa shape index (κ3) is 6.11. The Kier molecular flexibility index (Phi) is 9.05. The number of amides is 1. The molecule has 6 nitrogen and oxygen atoms in total. The fourth-order valence-corrected chi connectivity index (χ4v) is 5.84. The highest BCUT2D eigenvalue weighted by atomic mass is 16.5. The molecule has 2 unspecified atom stereocenters.